The van der Waals surface area contributed by atoms with Crippen LogP contribution in [0.15, 0.2) is 24.5 Å². The van der Waals surface area contributed by atoms with Gasteiger partial charge < -0.3 is 4.90 Å². The zero-order valence-corrected chi connectivity index (χ0v) is 11.5. The molecule has 19 heavy (non-hydrogen) atoms. The third-order valence-corrected chi connectivity index (χ3v) is 3.85. The number of nitrogens with zero attached hydrogens (tertiary/aromatic N) is 3. The summed E-state index contributed by atoms with van der Waals surface area (Å²) in [5.74, 6) is 0.458. The van der Waals surface area contributed by atoms with Gasteiger partial charge in [0.2, 0.25) is 5.91 Å². The van der Waals surface area contributed by atoms with E-state index in [1.54, 1.807) is 24.3 Å². The van der Waals surface area contributed by atoms with Crippen molar-refractivity contribution in [2.75, 3.05) is 13.6 Å². The highest BCUT2D eigenvalue weighted by atomic mass is 16.2. The maximum atomic E-state index is 12.3. The molecule has 1 aliphatic rings. The summed E-state index contributed by atoms with van der Waals surface area (Å²) in [6, 6.07) is 6.12. The van der Waals surface area contributed by atoms with E-state index >= 15 is 0 Å². The largest absolute Gasteiger partial charge is 0.344 e. The number of rotatable bonds is 4. The molecule has 1 aliphatic carbocycles. The molecule has 2 rings (SSSR count). The molecule has 0 aromatic carbocycles. The second kappa shape index (κ2) is 5.40. The molecule has 0 atom stereocenters. The predicted octanol–water partition coefficient (Wildman–Crippen LogP) is 2.02. The number of carbonyl (C=O) groups is 1. The van der Waals surface area contributed by atoms with E-state index in [1.165, 1.54) is 0 Å². The van der Waals surface area contributed by atoms with E-state index in [-0.39, 0.29) is 5.91 Å². The Labute approximate surface area is 114 Å². The summed E-state index contributed by atoms with van der Waals surface area (Å²) in [7, 11) is 1.78. The highest BCUT2D eigenvalue weighted by Gasteiger charge is 2.50. The van der Waals surface area contributed by atoms with Crippen LogP contribution in [0.3, 0.4) is 0 Å². The van der Waals surface area contributed by atoms with Gasteiger partial charge in [-0.05, 0) is 42.9 Å². The summed E-state index contributed by atoms with van der Waals surface area (Å²) < 4.78 is 0. The predicted molar refractivity (Wildman–Crippen MR) is 72.0 cm³/mol. The molecule has 100 valence electrons. The van der Waals surface area contributed by atoms with Gasteiger partial charge in [0.1, 0.15) is 5.41 Å². The molecule has 0 aliphatic heterocycles. The zero-order chi connectivity index (χ0) is 13.9. The molecular formula is C15H19N3O. The van der Waals surface area contributed by atoms with Gasteiger partial charge in [0, 0.05) is 26.0 Å². The Morgan fingerprint density at radius 2 is 2.16 bits per heavy atom. The third-order valence-electron chi connectivity index (χ3n) is 3.85. The Kier molecular flexibility index (Phi) is 3.84. The van der Waals surface area contributed by atoms with Crippen LogP contribution in [0.1, 0.15) is 25.3 Å². The molecule has 0 bridgehead atoms. The SMILES string of the molecule is CC1CC(C#N)(C(=O)N(C)CCc2ccncc2)C1. The lowest BCUT2D eigenvalue weighted by molar-refractivity contribution is -0.143. The van der Waals surface area contributed by atoms with Crippen LogP contribution in [0.4, 0.5) is 0 Å². The molecule has 4 nitrogen and oxygen atoms in total. The molecule has 4 heteroatoms. The molecule has 0 spiro atoms. The summed E-state index contributed by atoms with van der Waals surface area (Å²) >= 11 is 0. The van der Waals surface area contributed by atoms with Crippen LogP contribution in [0.5, 0.6) is 0 Å². The summed E-state index contributed by atoms with van der Waals surface area (Å²) in [5, 5.41) is 9.25. The summed E-state index contributed by atoms with van der Waals surface area (Å²) in [5.41, 5.74) is 0.398. The Morgan fingerprint density at radius 1 is 1.53 bits per heavy atom. The molecule has 0 radical (unpaired) electrons. The minimum atomic E-state index is -0.758. The molecule has 0 N–H and O–H groups in total. The third kappa shape index (κ3) is 2.76. The van der Waals surface area contributed by atoms with Gasteiger partial charge in [0.25, 0.3) is 0 Å². The van der Waals surface area contributed by atoms with Gasteiger partial charge in [-0.2, -0.15) is 5.26 Å². The number of amides is 1. The fourth-order valence-electron chi connectivity index (χ4n) is 2.76. The van der Waals surface area contributed by atoms with Crippen molar-refractivity contribution in [2.45, 2.75) is 26.2 Å². The average molecular weight is 257 g/mol. The highest BCUT2D eigenvalue weighted by Crippen LogP contribution is 2.46. The summed E-state index contributed by atoms with van der Waals surface area (Å²) in [4.78, 5) is 18.0. The second-order valence-electron chi connectivity index (χ2n) is 5.54. The van der Waals surface area contributed by atoms with Gasteiger partial charge in [-0.25, -0.2) is 0 Å². The first-order valence-corrected chi connectivity index (χ1v) is 6.63. The van der Waals surface area contributed by atoms with Crippen LogP contribution in [0.2, 0.25) is 0 Å². The van der Waals surface area contributed by atoms with Gasteiger partial charge >= 0.3 is 0 Å². The van der Waals surface area contributed by atoms with E-state index in [1.807, 2.05) is 12.1 Å². The summed E-state index contributed by atoms with van der Waals surface area (Å²) in [6.45, 7) is 2.72. The number of hydrogen-bond donors (Lipinski definition) is 0. The van der Waals surface area contributed by atoms with Crippen LogP contribution in [-0.2, 0) is 11.2 Å². The van der Waals surface area contributed by atoms with Crippen molar-refractivity contribution in [3.8, 4) is 6.07 Å². The lowest BCUT2D eigenvalue weighted by Gasteiger charge is -2.41. The second-order valence-corrected chi connectivity index (χ2v) is 5.54. The van der Waals surface area contributed by atoms with E-state index < -0.39 is 5.41 Å². The lowest BCUT2D eigenvalue weighted by atomic mass is 9.63. The minimum Gasteiger partial charge on any atom is -0.344 e. The monoisotopic (exact) mass is 257 g/mol. The van der Waals surface area contributed by atoms with Crippen molar-refractivity contribution < 1.29 is 4.79 Å². The van der Waals surface area contributed by atoms with E-state index in [4.69, 9.17) is 0 Å². The molecule has 0 unspecified atom stereocenters. The number of carbonyl (C=O) groups excluding carboxylic acids is 1. The average Bonchev–Trinajstić information content (AvgIpc) is 2.41. The normalized spacial score (nSPS) is 25.2. The van der Waals surface area contributed by atoms with Crippen LogP contribution in [-0.4, -0.2) is 29.4 Å². The van der Waals surface area contributed by atoms with Crippen LogP contribution in [0, 0.1) is 22.7 Å². The van der Waals surface area contributed by atoms with Crippen molar-refractivity contribution in [1.29, 1.82) is 5.26 Å². The molecule has 1 aromatic rings. The first kappa shape index (κ1) is 13.5. The molecule has 1 heterocycles. The van der Waals surface area contributed by atoms with Crippen molar-refractivity contribution in [3.63, 3.8) is 0 Å². The number of likely N-dealkylation sites (N-methyl/N-ethyl adjacent to an activating group) is 1. The van der Waals surface area contributed by atoms with Crippen LogP contribution < -0.4 is 0 Å². The number of aromatic nitrogens is 1. The number of nitriles is 1. The zero-order valence-electron chi connectivity index (χ0n) is 11.5. The Balaban J connectivity index is 1.92. The van der Waals surface area contributed by atoms with Gasteiger partial charge in [-0.3, -0.25) is 9.78 Å². The number of hydrogen-bond acceptors (Lipinski definition) is 3. The van der Waals surface area contributed by atoms with Crippen molar-refractivity contribution in [2.24, 2.45) is 11.3 Å². The van der Waals surface area contributed by atoms with Crippen molar-refractivity contribution in [3.05, 3.63) is 30.1 Å². The molecular weight excluding hydrogens is 238 g/mol. The first-order valence-electron chi connectivity index (χ1n) is 6.63. The minimum absolute atomic E-state index is 0.0258. The van der Waals surface area contributed by atoms with E-state index in [9.17, 15) is 10.1 Å². The quantitative estimate of drug-likeness (QED) is 0.829. The molecule has 1 aromatic heterocycles. The first-order chi connectivity index (χ1) is 9.07. The Morgan fingerprint density at radius 3 is 2.68 bits per heavy atom. The highest BCUT2D eigenvalue weighted by molar-refractivity contribution is 5.86. The van der Waals surface area contributed by atoms with Crippen LogP contribution >= 0.6 is 0 Å². The standard InChI is InChI=1S/C15H19N3O/c1-12-9-15(10-12,11-16)14(19)18(2)8-5-13-3-6-17-7-4-13/h3-4,6-7,12H,5,8-10H2,1-2H3. The van der Waals surface area contributed by atoms with E-state index in [0.29, 0.717) is 25.3 Å². The van der Waals surface area contributed by atoms with Crippen molar-refractivity contribution >= 4 is 5.91 Å². The van der Waals surface area contributed by atoms with Gasteiger partial charge in [0.15, 0.2) is 0 Å². The molecule has 0 saturated heterocycles. The van der Waals surface area contributed by atoms with Gasteiger partial charge in [-0.1, -0.05) is 6.92 Å². The van der Waals surface area contributed by atoms with Crippen molar-refractivity contribution in [1.82, 2.24) is 9.88 Å². The molecule has 1 fully saturated rings. The summed E-state index contributed by atoms with van der Waals surface area (Å²) in [6.07, 6.45) is 5.69. The van der Waals surface area contributed by atoms with E-state index in [0.717, 1.165) is 12.0 Å². The fourth-order valence-corrected chi connectivity index (χ4v) is 2.76. The topological polar surface area (TPSA) is 57.0 Å². The van der Waals surface area contributed by atoms with E-state index in [2.05, 4.69) is 18.0 Å². The van der Waals surface area contributed by atoms with Crippen LogP contribution in [0.25, 0.3) is 0 Å². The molecule has 1 saturated carbocycles. The Hall–Kier alpha value is -1.89. The fraction of sp³-hybridized carbons (Fsp3) is 0.533. The Bertz CT molecular complexity index is 486. The number of pyridine rings is 1. The van der Waals surface area contributed by atoms with Gasteiger partial charge in [0.05, 0.1) is 6.07 Å². The lowest BCUT2D eigenvalue weighted by Crippen LogP contribution is -2.49. The molecule has 1 amide bonds. The maximum Gasteiger partial charge on any atom is 0.242 e. The smallest absolute Gasteiger partial charge is 0.242 e. The maximum absolute atomic E-state index is 12.3. The van der Waals surface area contributed by atoms with Gasteiger partial charge in [-0.15, -0.1) is 0 Å².